The fourth-order valence-corrected chi connectivity index (χ4v) is 2.19. The molecule has 0 spiro atoms. The van der Waals surface area contributed by atoms with Crippen molar-refractivity contribution in [2.75, 3.05) is 6.54 Å². The zero-order valence-corrected chi connectivity index (χ0v) is 8.33. The van der Waals surface area contributed by atoms with Crippen molar-refractivity contribution in [3.8, 4) is 0 Å². The fraction of sp³-hybridized carbons (Fsp3) is 0.200. The molecule has 2 aromatic heterocycles. The third-order valence-electron chi connectivity index (χ3n) is 2.15. The molecule has 1 atom stereocenters. The van der Waals surface area contributed by atoms with Gasteiger partial charge < -0.3 is 15.3 Å². The summed E-state index contributed by atoms with van der Waals surface area (Å²) >= 11 is 1.46. The van der Waals surface area contributed by atoms with Gasteiger partial charge in [0.05, 0.1) is 6.26 Å². The highest BCUT2D eigenvalue weighted by Gasteiger charge is 2.33. The van der Waals surface area contributed by atoms with Gasteiger partial charge in [0.15, 0.2) is 5.60 Å². The second kappa shape index (κ2) is 3.57. The van der Waals surface area contributed by atoms with Crippen molar-refractivity contribution in [1.29, 1.82) is 0 Å². The van der Waals surface area contributed by atoms with E-state index in [1.165, 1.54) is 17.6 Å². The molecule has 74 valence electrons. The summed E-state index contributed by atoms with van der Waals surface area (Å²) in [5.41, 5.74) is 4.40. The molecular formula is C10H11NO2S. The van der Waals surface area contributed by atoms with Crippen molar-refractivity contribution >= 4 is 11.3 Å². The molecule has 0 aliphatic rings. The maximum absolute atomic E-state index is 10.3. The third kappa shape index (κ3) is 1.37. The van der Waals surface area contributed by atoms with Crippen LogP contribution in [-0.4, -0.2) is 11.7 Å². The van der Waals surface area contributed by atoms with Crippen LogP contribution in [0.5, 0.6) is 0 Å². The Morgan fingerprint density at radius 1 is 1.43 bits per heavy atom. The topological polar surface area (TPSA) is 59.4 Å². The lowest BCUT2D eigenvalue weighted by Crippen LogP contribution is -2.34. The van der Waals surface area contributed by atoms with Gasteiger partial charge in [-0.2, -0.15) is 0 Å². The van der Waals surface area contributed by atoms with Gasteiger partial charge in [-0.3, -0.25) is 0 Å². The molecule has 4 heteroatoms. The first-order valence-corrected chi connectivity index (χ1v) is 5.16. The first-order chi connectivity index (χ1) is 6.77. The minimum atomic E-state index is -1.18. The Hall–Kier alpha value is -1.10. The zero-order chi connectivity index (χ0) is 10.0. The van der Waals surface area contributed by atoms with Crippen molar-refractivity contribution in [3.05, 3.63) is 46.5 Å². The SMILES string of the molecule is NCC(O)(c1ccco1)c1cccs1. The van der Waals surface area contributed by atoms with Crippen molar-refractivity contribution in [2.45, 2.75) is 5.60 Å². The number of thiophene rings is 1. The van der Waals surface area contributed by atoms with Gasteiger partial charge in [-0.15, -0.1) is 11.3 Å². The van der Waals surface area contributed by atoms with Gasteiger partial charge in [0.25, 0.3) is 0 Å². The molecule has 0 aliphatic carbocycles. The van der Waals surface area contributed by atoms with Gasteiger partial charge in [0.1, 0.15) is 5.76 Å². The molecule has 14 heavy (non-hydrogen) atoms. The van der Waals surface area contributed by atoms with Crippen LogP contribution in [-0.2, 0) is 5.60 Å². The predicted molar refractivity (Wildman–Crippen MR) is 55.1 cm³/mol. The highest BCUT2D eigenvalue weighted by Crippen LogP contribution is 2.31. The Labute approximate surface area is 85.8 Å². The average molecular weight is 209 g/mol. The van der Waals surface area contributed by atoms with Gasteiger partial charge in [-0.25, -0.2) is 0 Å². The number of furan rings is 1. The van der Waals surface area contributed by atoms with E-state index in [-0.39, 0.29) is 6.54 Å². The molecule has 2 heterocycles. The van der Waals surface area contributed by atoms with Crippen molar-refractivity contribution < 1.29 is 9.52 Å². The maximum Gasteiger partial charge on any atom is 0.168 e. The summed E-state index contributed by atoms with van der Waals surface area (Å²) in [7, 11) is 0. The lowest BCUT2D eigenvalue weighted by atomic mass is 9.99. The molecule has 1 unspecified atom stereocenters. The van der Waals surface area contributed by atoms with E-state index < -0.39 is 5.60 Å². The van der Waals surface area contributed by atoms with E-state index in [1.807, 2.05) is 17.5 Å². The van der Waals surface area contributed by atoms with Crippen molar-refractivity contribution in [2.24, 2.45) is 5.73 Å². The lowest BCUT2D eigenvalue weighted by Gasteiger charge is -2.22. The number of rotatable bonds is 3. The standard InChI is InChI=1S/C10H11NO2S/c11-7-10(12,8-3-1-5-13-8)9-4-2-6-14-9/h1-6,12H,7,11H2. The number of hydrogen-bond donors (Lipinski definition) is 2. The third-order valence-corrected chi connectivity index (χ3v) is 3.17. The van der Waals surface area contributed by atoms with Gasteiger partial charge in [-0.05, 0) is 23.6 Å². The van der Waals surface area contributed by atoms with E-state index in [1.54, 1.807) is 12.1 Å². The van der Waals surface area contributed by atoms with E-state index in [9.17, 15) is 5.11 Å². The zero-order valence-electron chi connectivity index (χ0n) is 7.51. The Balaban J connectivity index is 2.45. The van der Waals surface area contributed by atoms with Crippen LogP contribution in [0, 0.1) is 0 Å². The van der Waals surface area contributed by atoms with Crippen LogP contribution in [0.2, 0.25) is 0 Å². The van der Waals surface area contributed by atoms with Crippen LogP contribution in [0.15, 0.2) is 40.3 Å². The summed E-state index contributed by atoms with van der Waals surface area (Å²) in [5, 5.41) is 12.2. The molecule has 0 radical (unpaired) electrons. The normalized spacial score (nSPS) is 15.3. The Bertz CT molecular complexity index is 346. The summed E-state index contributed by atoms with van der Waals surface area (Å²) in [6.07, 6.45) is 1.53. The fourth-order valence-electron chi connectivity index (χ4n) is 1.35. The van der Waals surface area contributed by atoms with Gasteiger partial charge in [-0.1, -0.05) is 6.07 Å². The van der Waals surface area contributed by atoms with E-state index in [0.29, 0.717) is 5.76 Å². The van der Waals surface area contributed by atoms with E-state index in [0.717, 1.165) is 4.88 Å². The lowest BCUT2D eigenvalue weighted by molar-refractivity contribution is 0.0694. The Kier molecular flexibility index (Phi) is 2.41. The minimum Gasteiger partial charge on any atom is -0.466 e. The first-order valence-electron chi connectivity index (χ1n) is 4.28. The monoisotopic (exact) mass is 209 g/mol. The second-order valence-electron chi connectivity index (χ2n) is 3.02. The first kappa shape index (κ1) is 9.45. The summed E-state index contributed by atoms with van der Waals surface area (Å²) in [6.45, 7) is 0.112. The van der Waals surface area contributed by atoms with Crippen LogP contribution in [0.4, 0.5) is 0 Å². The van der Waals surface area contributed by atoms with Crippen molar-refractivity contribution in [1.82, 2.24) is 0 Å². The number of hydrogen-bond acceptors (Lipinski definition) is 4. The van der Waals surface area contributed by atoms with Gasteiger partial charge in [0, 0.05) is 11.4 Å². The van der Waals surface area contributed by atoms with Crippen LogP contribution < -0.4 is 5.73 Å². The van der Waals surface area contributed by atoms with Crippen LogP contribution in [0.1, 0.15) is 10.6 Å². The van der Waals surface area contributed by atoms with Crippen LogP contribution >= 0.6 is 11.3 Å². The van der Waals surface area contributed by atoms with Crippen molar-refractivity contribution in [3.63, 3.8) is 0 Å². The molecule has 2 rings (SSSR count). The molecule has 3 nitrogen and oxygen atoms in total. The van der Waals surface area contributed by atoms with Gasteiger partial charge >= 0.3 is 0 Å². The second-order valence-corrected chi connectivity index (χ2v) is 3.97. The quantitative estimate of drug-likeness (QED) is 0.806. The summed E-state index contributed by atoms with van der Waals surface area (Å²) < 4.78 is 5.19. The predicted octanol–water partition coefficient (Wildman–Crippen LogP) is 1.54. The van der Waals surface area contributed by atoms with Crippen LogP contribution in [0.3, 0.4) is 0 Å². The van der Waals surface area contributed by atoms with Gasteiger partial charge in [0.2, 0.25) is 0 Å². The van der Waals surface area contributed by atoms with E-state index in [4.69, 9.17) is 10.2 Å². The number of nitrogens with two attached hydrogens (primary N) is 1. The molecule has 0 amide bonds. The highest BCUT2D eigenvalue weighted by atomic mass is 32.1. The summed E-state index contributed by atoms with van der Waals surface area (Å²) in [4.78, 5) is 0.801. The molecule has 2 aromatic rings. The summed E-state index contributed by atoms with van der Waals surface area (Å²) in [6, 6.07) is 7.19. The largest absolute Gasteiger partial charge is 0.466 e. The van der Waals surface area contributed by atoms with E-state index >= 15 is 0 Å². The maximum atomic E-state index is 10.3. The van der Waals surface area contributed by atoms with E-state index in [2.05, 4.69) is 0 Å². The minimum absolute atomic E-state index is 0.112. The molecule has 0 aliphatic heterocycles. The number of aliphatic hydroxyl groups is 1. The molecule has 3 N–H and O–H groups in total. The highest BCUT2D eigenvalue weighted by molar-refractivity contribution is 7.10. The van der Waals surface area contributed by atoms with Crippen LogP contribution in [0.25, 0.3) is 0 Å². The molecule has 0 aromatic carbocycles. The molecule has 0 bridgehead atoms. The molecule has 0 saturated carbocycles. The average Bonchev–Trinajstić information content (AvgIpc) is 2.88. The molecular weight excluding hydrogens is 198 g/mol. The molecule has 0 saturated heterocycles. The Morgan fingerprint density at radius 3 is 2.79 bits per heavy atom. The summed E-state index contributed by atoms with van der Waals surface area (Å²) in [5.74, 6) is 0.488. The molecule has 0 fully saturated rings. The smallest absolute Gasteiger partial charge is 0.168 e. The Morgan fingerprint density at radius 2 is 2.29 bits per heavy atom.